The van der Waals surface area contributed by atoms with Crippen LogP contribution in [0.15, 0.2) is 46.6 Å². The summed E-state index contributed by atoms with van der Waals surface area (Å²) in [6.07, 6.45) is 1.40. The summed E-state index contributed by atoms with van der Waals surface area (Å²) in [7, 11) is 7.65. The van der Waals surface area contributed by atoms with E-state index in [1.54, 1.807) is 30.3 Å². The number of nitrogens with one attached hydrogen (secondary N) is 2. The normalized spacial score (nSPS) is 11.6. The molecular weight excluding hydrogens is 456 g/mol. The van der Waals surface area contributed by atoms with Crippen molar-refractivity contribution in [3.8, 4) is 28.7 Å². The summed E-state index contributed by atoms with van der Waals surface area (Å²) in [5, 5.41) is 3.05. The van der Waals surface area contributed by atoms with E-state index in [-0.39, 0.29) is 23.7 Å². The summed E-state index contributed by atoms with van der Waals surface area (Å²) < 4.78 is 26.6. The van der Waals surface area contributed by atoms with Gasteiger partial charge in [0, 0.05) is 23.8 Å². The van der Waals surface area contributed by atoms with E-state index < -0.39 is 0 Å². The van der Waals surface area contributed by atoms with Gasteiger partial charge in [0.2, 0.25) is 5.75 Å². The molecule has 0 bridgehead atoms. The van der Waals surface area contributed by atoms with Gasteiger partial charge < -0.3 is 40.5 Å². The molecule has 0 amide bonds. The van der Waals surface area contributed by atoms with Crippen molar-refractivity contribution < 1.29 is 28.7 Å². The van der Waals surface area contributed by atoms with Crippen molar-refractivity contribution in [1.82, 2.24) is 9.97 Å². The topological polar surface area (TPSA) is 175 Å². The summed E-state index contributed by atoms with van der Waals surface area (Å²) in [6, 6.07) is 8.54. The number of aromatic amines is 1. The Hall–Kier alpha value is -4.81. The molecule has 0 aliphatic rings. The number of aromatic nitrogens is 3. The lowest BCUT2D eigenvalue weighted by Gasteiger charge is -2.13. The first-order chi connectivity index (χ1) is 16.9. The Kier molecular flexibility index (Phi) is 8.06. The highest BCUT2D eigenvalue weighted by atomic mass is 16.5. The number of rotatable bonds is 9. The second kappa shape index (κ2) is 11.4. The Balaban J connectivity index is 1.85. The Morgan fingerprint density at radius 3 is 2.03 bits per heavy atom. The predicted octanol–water partition coefficient (Wildman–Crippen LogP) is 1.43. The maximum atomic E-state index is 6.10. The van der Waals surface area contributed by atoms with E-state index in [4.69, 9.17) is 35.2 Å². The minimum atomic E-state index is -0.127. The van der Waals surface area contributed by atoms with Crippen molar-refractivity contribution >= 4 is 29.4 Å². The highest BCUT2D eigenvalue weighted by molar-refractivity contribution is 6.05. The van der Waals surface area contributed by atoms with Crippen LogP contribution in [0.1, 0.15) is 5.56 Å². The molecule has 2 aromatic carbocycles. The van der Waals surface area contributed by atoms with Crippen LogP contribution >= 0.6 is 0 Å². The van der Waals surface area contributed by atoms with Crippen LogP contribution in [-0.2, 0) is 0 Å². The first-order valence-corrected chi connectivity index (χ1v) is 10.1. The molecule has 0 radical (unpaired) electrons. The number of H-pyrrole nitrogens is 1. The first-order valence-electron chi connectivity index (χ1n) is 10.1. The molecule has 13 heteroatoms. The van der Waals surface area contributed by atoms with Gasteiger partial charge in [-0.05, 0) is 12.1 Å². The van der Waals surface area contributed by atoms with Crippen LogP contribution in [0.2, 0.25) is 0 Å². The average molecular weight is 484 g/mol. The lowest BCUT2D eigenvalue weighted by molar-refractivity contribution is -0.371. The highest BCUT2D eigenvalue weighted by Gasteiger charge is 2.16. The number of guanidine groups is 1. The van der Waals surface area contributed by atoms with Gasteiger partial charge in [-0.1, -0.05) is 15.0 Å². The number of anilines is 2. The standard InChI is InChI=1S/C22H26N8O5/c1-31-14-6-12(7-15(10-14)32-2)19(23)28-20(24)29-22-26-11-25-21(30-22)27-13-8-16(33-3)18(35-5)17(9-13)34-4/h6-11H,1-5H3,(H5,23,24,25,26,27,28,29,30)/p+1. The SMILES string of the molecule is COc1cc(OC)cc(/C(N)=N/C(N)=N\c2nc(Nc3cc(OC)c(OC)c(OC)c3)nc[nH+]2)c1. The van der Waals surface area contributed by atoms with Crippen molar-refractivity contribution in [2.45, 2.75) is 0 Å². The van der Waals surface area contributed by atoms with E-state index in [0.29, 0.717) is 40.0 Å². The van der Waals surface area contributed by atoms with Gasteiger partial charge in [-0.2, -0.15) is 4.99 Å². The van der Waals surface area contributed by atoms with Crippen molar-refractivity contribution in [2.24, 2.45) is 21.5 Å². The van der Waals surface area contributed by atoms with Crippen LogP contribution in [0.4, 0.5) is 17.6 Å². The molecule has 0 unspecified atom stereocenters. The molecule has 3 rings (SSSR count). The summed E-state index contributed by atoms with van der Waals surface area (Å²) in [5.74, 6) is 2.89. The van der Waals surface area contributed by atoms with E-state index in [9.17, 15) is 0 Å². The number of methoxy groups -OCH3 is 5. The van der Waals surface area contributed by atoms with Gasteiger partial charge in [-0.25, -0.2) is 4.98 Å². The largest absolute Gasteiger partial charge is 0.497 e. The number of amidine groups is 1. The maximum Gasteiger partial charge on any atom is 0.389 e. The van der Waals surface area contributed by atoms with Gasteiger partial charge in [0.1, 0.15) is 17.3 Å². The molecule has 0 spiro atoms. The minimum Gasteiger partial charge on any atom is -0.497 e. The number of nitrogens with two attached hydrogens (primary N) is 2. The monoisotopic (exact) mass is 483 g/mol. The Morgan fingerprint density at radius 2 is 1.49 bits per heavy atom. The molecule has 184 valence electrons. The summed E-state index contributed by atoms with van der Waals surface area (Å²) >= 11 is 0. The number of aliphatic imine (C=N–C) groups is 2. The fourth-order valence-electron chi connectivity index (χ4n) is 2.99. The van der Waals surface area contributed by atoms with Crippen LogP contribution < -0.4 is 45.5 Å². The van der Waals surface area contributed by atoms with Gasteiger partial charge in [0.25, 0.3) is 5.96 Å². The predicted molar refractivity (Wildman–Crippen MR) is 130 cm³/mol. The number of hydrogen-bond acceptors (Lipinski definition) is 9. The molecule has 0 saturated carbocycles. The molecule has 13 nitrogen and oxygen atoms in total. The van der Waals surface area contributed by atoms with Gasteiger partial charge in [0.05, 0.1) is 41.2 Å². The second-order valence-electron chi connectivity index (χ2n) is 6.77. The van der Waals surface area contributed by atoms with Crippen LogP contribution in [-0.4, -0.2) is 57.3 Å². The first kappa shape index (κ1) is 24.8. The summed E-state index contributed by atoms with van der Waals surface area (Å²) in [5.41, 5.74) is 13.2. The third-order valence-electron chi connectivity index (χ3n) is 4.62. The molecule has 0 aliphatic heterocycles. The number of hydrogen-bond donors (Lipinski definition) is 3. The molecule has 3 aromatic rings. The second-order valence-corrected chi connectivity index (χ2v) is 6.77. The average Bonchev–Trinajstić information content (AvgIpc) is 2.87. The van der Waals surface area contributed by atoms with Gasteiger partial charge in [-0.3, -0.25) is 0 Å². The quantitative estimate of drug-likeness (QED) is 0.298. The molecule has 0 saturated heterocycles. The van der Waals surface area contributed by atoms with Crippen molar-refractivity contribution in [2.75, 3.05) is 40.9 Å². The lowest BCUT2D eigenvalue weighted by Crippen LogP contribution is -2.20. The summed E-state index contributed by atoms with van der Waals surface area (Å²) in [4.78, 5) is 19.5. The zero-order valence-corrected chi connectivity index (χ0v) is 19.9. The van der Waals surface area contributed by atoms with Crippen LogP contribution in [0, 0.1) is 0 Å². The molecule has 1 heterocycles. The van der Waals surface area contributed by atoms with Gasteiger partial charge in [-0.15, -0.1) is 0 Å². The van der Waals surface area contributed by atoms with Crippen molar-refractivity contribution in [3.63, 3.8) is 0 Å². The lowest BCUT2D eigenvalue weighted by atomic mass is 10.2. The highest BCUT2D eigenvalue weighted by Crippen LogP contribution is 2.40. The van der Waals surface area contributed by atoms with E-state index in [1.165, 1.54) is 41.9 Å². The molecular formula is C22H27N8O5+. The Bertz CT molecular complexity index is 1200. The number of nitrogens with zero attached hydrogens (tertiary/aromatic N) is 4. The van der Waals surface area contributed by atoms with E-state index in [1.807, 2.05) is 0 Å². The smallest absolute Gasteiger partial charge is 0.389 e. The van der Waals surface area contributed by atoms with Crippen LogP contribution in [0.5, 0.6) is 28.7 Å². The molecule has 6 N–H and O–H groups in total. The fraction of sp³-hybridized carbons (Fsp3) is 0.227. The third-order valence-corrected chi connectivity index (χ3v) is 4.62. The number of ether oxygens (including phenoxy) is 5. The summed E-state index contributed by atoms with van der Waals surface area (Å²) in [6.45, 7) is 0. The van der Waals surface area contributed by atoms with E-state index >= 15 is 0 Å². The minimum absolute atomic E-state index is 0.119. The van der Waals surface area contributed by atoms with E-state index in [0.717, 1.165) is 0 Å². The van der Waals surface area contributed by atoms with Gasteiger partial charge in [0.15, 0.2) is 17.8 Å². The fourth-order valence-corrected chi connectivity index (χ4v) is 2.99. The molecule has 1 aromatic heterocycles. The van der Waals surface area contributed by atoms with Crippen LogP contribution in [0.3, 0.4) is 0 Å². The zero-order chi connectivity index (χ0) is 25.4. The van der Waals surface area contributed by atoms with Crippen molar-refractivity contribution in [1.29, 1.82) is 0 Å². The Morgan fingerprint density at radius 1 is 0.857 bits per heavy atom. The van der Waals surface area contributed by atoms with Crippen molar-refractivity contribution in [3.05, 3.63) is 42.2 Å². The third kappa shape index (κ3) is 6.16. The van der Waals surface area contributed by atoms with Gasteiger partial charge >= 0.3 is 11.9 Å². The molecule has 0 aliphatic carbocycles. The number of benzene rings is 2. The van der Waals surface area contributed by atoms with E-state index in [2.05, 4.69) is 30.3 Å². The Labute approximate surface area is 201 Å². The molecule has 0 fully saturated rings. The zero-order valence-electron chi connectivity index (χ0n) is 19.9. The maximum absolute atomic E-state index is 6.10. The molecule has 35 heavy (non-hydrogen) atoms. The molecule has 0 atom stereocenters. The van der Waals surface area contributed by atoms with Crippen LogP contribution in [0.25, 0.3) is 0 Å².